The average molecular weight is 471 g/mol. The fourth-order valence-electron chi connectivity index (χ4n) is 4.63. The molecule has 4 aromatic rings. The zero-order valence-corrected chi connectivity index (χ0v) is 20.2. The molecule has 0 unspecified atom stereocenters. The van der Waals surface area contributed by atoms with Crippen molar-refractivity contribution in [2.24, 2.45) is 0 Å². The average Bonchev–Trinajstić information content (AvgIpc) is 3.05. The van der Waals surface area contributed by atoms with Crippen molar-refractivity contribution in [3.63, 3.8) is 0 Å². The van der Waals surface area contributed by atoms with E-state index in [1.807, 2.05) is 65.0 Å². The van der Waals surface area contributed by atoms with Crippen molar-refractivity contribution in [1.82, 2.24) is 24.6 Å². The smallest absolute Gasteiger partial charge is 0.248 e. The zero-order valence-electron chi connectivity index (χ0n) is 20.2. The molecule has 1 saturated heterocycles. The number of carbonyl (C=O) groups excluding carboxylic acids is 1. The van der Waals surface area contributed by atoms with E-state index in [0.717, 1.165) is 52.6 Å². The monoisotopic (exact) mass is 470 g/mol. The lowest BCUT2D eigenvalue weighted by Crippen LogP contribution is -2.37. The molecule has 0 bridgehead atoms. The minimum atomic E-state index is 0.0278. The van der Waals surface area contributed by atoms with Crippen molar-refractivity contribution in [3.05, 3.63) is 77.7 Å². The van der Waals surface area contributed by atoms with Crippen LogP contribution in [0.15, 0.2) is 60.7 Å². The quantitative estimate of drug-likeness (QED) is 0.430. The van der Waals surface area contributed by atoms with Gasteiger partial charge in [0.05, 0.1) is 16.8 Å². The number of amides is 1. The second-order valence-electron chi connectivity index (χ2n) is 8.81. The van der Waals surface area contributed by atoms with Crippen molar-refractivity contribution < 1.29 is 9.53 Å². The van der Waals surface area contributed by atoms with E-state index < -0.39 is 0 Å². The Morgan fingerprint density at radius 3 is 2.43 bits per heavy atom. The SMILES string of the molecule is COCC(=O)N1CCCN(c2nc(Cc3ccccc3)nc3c2c(C)nn3-c2ccccc2)CC1. The van der Waals surface area contributed by atoms with E-state index in [-0.39, 0.29) is 12.5 Å². The molecule has 1 amide bonds. The number of carbonyl (C=O) groups is 1. The molecule has 3 heterocycles. The topological polar surface area (TPSA) is 76.4 Å². The largest absolute Gasteiger partial charge is 0.375 e. The molecule has 0 spiro atoms. The number of hydrogen-bond acceptors (Lipinski definition) is 6. The van der Waals surface area contributed by atoms with Crippen LogP contribution >= 0.6 is 0 Å². The van der Waals surface area contributed by atoms with Crippen LogP contribution in [-0.4, -0.2) is 70.5 Å². The van der Waals surface area contributed by atoms with E-state index in [1.165, 1.54) is 0 Å². The van der Waals surface area contributed by atoms with Crippen molar-refractivity contribution in [1.29, 1.82) is 0 Å². The van der Waals surface area contributed by atoms with Gasteiger partial charge in [-0.15, -0.1) is 0 Å². The van der Waals surface area contributed by atoms with E-state index in [4.69, 9.17) is 19.8 Å². The van der Waals surface area contributed by atoms with Crippen LogP contribution < -0.4 is 4.90 Å². The Morgan fingerprint density at radius 2 is 1.69 bits per heavy atom. The lowest BCUT2D eigenvalue weighted by atomic mass is 10.1. The number of fused-ring (bicyclic) bond motifs is 1. The summed E-state index contributed by atoms with van der Waals surface area (Å²) in [4.78, 5) is 26.6. The molecule has 0 saturated carbocycles. The maximum Gasteiger partial charge on any atom is 0.248 e. The number of methoxy groups -OCH3 is 1. The van der Waals surface area contributed by atoms with Crippen LogP contribution in [0.2, 0.25) is 0 Å². The maximum absolute atomic E-state index is 12.4. The predicted molar refractivity (Wildman–Crippen MR) is 136 cm³/mol. The lowest BCUT2D eigenvalue weighted by Gasteiger charge is -2.24. The Kier molecular flexibility index (Phi) is 6.72. The number of anilines is 1. The summed E-state index contributed by atoms with van der Waals surface area (Å²) >= 11 is 0. The molecule has 8 nitrogen and oxygen atoms in total. The molecular formula is C27H30N6O2. The highest BCUT2D eigenvalue weighted by atomic mass is 16.5. The number of ether oxygens (including phenoxy) is 1. The predicted octanol–water partition coefficient (Wildman–Crippen LogP) is 3.40. The summed E-state index contributed by atoms with van der Waals surface area (Å²) in [5.74, 6) is 1.68. The number of aryl methyl sites for hydroxylation is 1. The minimum Gasteiger partial charge on any atom is -0.375 e. The zero-order chi connectivity index (χ0) is 24.2. The van der Waals surface area contributed by atoms with Crippen LogP contribution in [0.25, 0.3) is 16.7 Å². The van der Waals surface area contributed by atoms with Gasteiger partial charge in [-0.25, -0.2) is 14.6 Å². The van der Waals surface area contributed by atoms with Crippen molar-refractivity contribution >= 4 is 22.8 Å². The number of nitrogens with zero attached hydrogens (tertiary/aromatic N) is 6. The summed E-state index contributed by atoms with van der Waals surface area (Å²) in [6.45, 7) is 4.98. The van der Waals surface area contributed by atoms with Crippen molar-refractivity contribution in [2.75, 3.05) is 44.8 Å². The van der Waals surface area contributed by atoms with E-state index in [2.05, 4.69) is 17.0 Å². The molecule has 8 heteroatoms. The fraction of sp³-hybridized carbons (Fsp3) is 0.333. The summed E-state index contributed by atoms with van der Waals surface area (Å²) in [5.41, 5.74) is 3.82. The van der Waals surface area contributed by atoms with Gasteiger partial charge in [-0.2, -0.15) is 5.10 Å². The molecule has 2 aromatic heterocycles. The standard InChI is InChI=1S/C27H30N6O2/c1-20-25-26(32-15-9-14-31(16-17-32)24(34)19-35-2)28-23(18-21-10-5-3-6-11-21)29-27(25)33(30-20)22-12-7-4-8-13-22/h3-8,10-13H,9,14-19H2,1-2H3. The summed E-state index contributed by atoms with van der Waals surface area (Å²) in [5, 5.41) is 5.82. The highest BCUT2D eigenvalue weighted by molar-refractivity contribution is 5.91. The third-order valence-electron chi connectivity index (χ3n) is 6.35. The Balaban J connectivity index is 1.58. The van der Waals surface area contributed by atoms with Gasteiger partial charge in [-0.1, -0.05) is 48.5 Å². The van der Waals surface area contributed by atoms with Crippen LogP contribution in [0.1, 0.15) is 23.5 Å². The van der Waals surface area contributed by atoms with Crippen LogP contribution in [0.4, 0.5) is 5.82 Å². The van der Waals surface area contributed by atoms with E-state index >= 15 is 0 Å². The Labute approximate surface area is 205 Å². The normalized spacial score (nSPS) is 14.3. The highest BCUT2D eigenvalue weighted by Gasteiger charge is 2.25. The van der Waals surface area contributed by atoms with Crippen LogP contribution in [0.3, 0.4) is 0 Å². The highest BCUT2D eigenvalue weighted by Crippen LogP contribution is 2.30. The second-order valence-corrected chi connectivity index (χ2v) is 8.81. The Morgan fingerprint density at radius 1 is 0.943 bits per heavy atom. The van der Waals surface area contributed by atoms with Crippen LogP contribution in [-0.2, 0) is 16.0 Å². The van der Waals surface area contributed by atoms with E-state index in [0.29, 0.717) is 26.1 Å². The fourth-order valence-corrected chi connectivity index (χ4v) is 4.63. The molecule has 1 fully saturated rings. The number of hydrogen-bond donors (Lipinski definition) is 0. The molecule has 0 N–H and O–H groups in total. The van der Waals surface area contributed by atoms with Gasteiger partial charge in [0.2, 0.25) is 5.91 Å². The first-order valence-corrected chi connectivity index (χ1v) is 12.0. The Bertz CT molecular complexity index is 1310. The maximum atomic E-state index is 12.4. The summed E-state index contributed by atoms with van der Waals surface area (Å²) < 4.78 is 6.98. The first-order valence-electron chi connectivity index (χ1n) is 12.0. The van der Waals surface area contributed by atoms with Crippen LogP contribution in [0, 0.1) is 6.92 Å². The Hall–Kier alpha value is -3.78. The summed E-state index contributed by atoms with van der Waals surface area (Å²) in [6, 6.07) is 20.4. The van der Waals surface area contributed by atoms with E-state index in [9.17, 15) is 4.79 Å². The molecule has 1 aliphatic heterocycles. The van der Waals surface area contributed by atoms with Gasteiger partial charge in [0.25, 0.3) is 0 Å². The van der Waals surface area contributed by atoms with Gasteiger partial charge in [0.15, 0.2) is 5.65 Å². The third-order valence-corrected chi connectivity index (χ3v) is 6.35. The molecule has 5 rings (SSSR count). The first-order chi connectivity index (χ1) is 17.1. The first kappa shape index (κ1) is 23.0. The molecule has 1 aliphatic rings. The van der Waals surface area contributed by atoms with Crippen molar-refractivity contribution in [2.45, 2.75) is 19.8 Å². The van der Waals surface area contributed by atoms with Gasteiger partial charge < -0.3 is 14.5 Å². The number of para-hydroxylation sites is 1. The molecule has 35 heavy (non-hydrogen) atoms. The van der Waals surface area contributed by atoms with Gasteiger partial charge in [-0.3, -0.25) is 4.79 Å². The van der Waals surface area contributed by atoms with Crippen molar-refractivity contribution in [3.8, 4) is 5.69 Å². The molecule has 0 atom stereocenters. The van der Waals surface area contributed by atoms with Gasteiger partial charge in [-0.05, 0) is 31.0 Å². The van der Waals surface area contributed by atoms with Gasteiger partial charge >= 0.3 is 0 Å². The van der Waals surface area contributed by atoms with E-state index in [1.54, 1.807) is 7.11 Å². The minimum absolute atomic E-state index is 0.0278. The lowest BCUT2D eigenvalue weighted by molar-refractivity contribution is -0.134. The van der Waals surface area contributed by atoms with Gasteiger partial charge in [0, 0.05) is 39.7 Å². The molecule has 180 valence electrons. The summed E-state index contributed by atoms with van der Waals surface area (Å²) in [6.07, 6.45) is 1.50. The number of aromatic nitrogens is 4. The molecule has 0 aliphatic carbocycles. The summed E-state index contributed by atoms with van der Waals surface area (Å²) in [7, 11) is 1.56. The molecule has 2 aromatic carbocycles. The number of benzene rings is 2. The third kappa shape index (κ3) is 4.88. The molecule has 0 radical (unpaired) electrons. The van der Waals surface area contributed by atoms with Crippen LogP contribution in [0.5, 0.6) is 0 Å². The second kappa shape index (κ2) is 10.2. The molecular weight excluding hydrogens is 440 g/mol. The number of rotatable bonds is 6. The van der Waals surface area contributed by atoms with Gasteiger partial charge in [0.1, 0.15) is 18.2 Å².